The monoisotopic (exact) mass is 225 g/mol. The molecule has 2 nitrogen and oxygen atoms in total. The van der Waals surface area contributed by atoms with E-state index < -0.39 is 0 Å². The minimum absolute atomic E-state index is 0.0310. The Kier molecular flexibility index (Phi) is 2.16. The zero-order valence-corrected chi connectivity index (χ0v) is 9.32. The van der Waals surface area contributed by atoms with Gasteiger partial charge in [-0.25, -0.2) is 4.98 Å². The van der Waals surface area contributed by atoms with Crippen LogP contribution in [0.4, 0.5) is 0 Å². The molecule has 1 aromatic heterocycles. The summed E-state index contributed by atoms with van der Waals surface area (Å²) in [5.74, 6) is 0. The van der Waals surface area contributed by atoms with Gasteiger partial charge in [-0.15, -0.1) is 0 Å². The van der Waals surface area contributed by atoms with Gasteiger partial charge in [0.25, 0.3) is 0 Å². The summed E-state index contributed by atoms with van der Waals surface area (Å²) in [7, 11) is -0.0310. The van der Waals surface area contributed by atoms with Gasteiger partial charge in [-0.3, -0.25) is 4.57 Å². The van der Waals surface area contributed by atoms with Gasteiger partial charge in [-0.2, -0.15) is 0 Å². The number of benzene rings is 2. The van der Waals surface area contributed by atoms with Crippen molar-refractivity contribution < 1.29 is 4.57 Å². The van der Waals surface area contributed by atoms with Gasteiger partial charge in [0.1, 0.15) is 5.44 Å². The normalized spacial score (nSPS) is 11.2. The third-order valence-electron chi connectivity index (χ3n) is 2.68. The number of hydrogen-bond donors (Lipinski definition) is 0. The van der Waals surface area contributed by atoms with Crippen LogP contribution >= 0.6 is 8.46 Å². The number of aromatic nitrogens is 1. The van der Waals surface area contributed by atoms with E-state index in [9.17, 15) is 4.57 Å². The van der Waals surface area contributed by atoms with Gasteiger partial charge in [0.05, 0.1) is 5.52 Å². The van der Waals surface area contributed by atoms with E-state index in [2.05, 4.69) is 4.98 Å². The highest BCUT2D eigenvalue weighted by molar-refractivity contribution is 7.34. The molecule has 0 aliphatic carbocycles. The highest BCUT2D eigenvalue weighted by atomic mass is 31.1. The molecule has 0 saturated heterocycles. The van der Waals surface area contributed by atoms with E-state index in [1.807, 2.05) is 48.5 Å². The van der Waals surface area contributed by atoms with Crippen LogP contribution in [-0.2, 0) is 4.57 Å². The summed E-state index contributed by atoms with van der Waals surface area (Å²) >= 11 is 0. The van der Waals surface area contributed by atoms with E-state index in [1.165, 1.54) is 0 Å². The van der Waals surface area contributed by atoms with E-state index >= 15 is 0 Å². The molecule has 1 heterocycles. The van der Waals surface area contributed by atoms with Crippen LogP contribution in [-0.4, -0.2) is 4.98 Å². The molecule has 0 N–H and O–H groups in total. The van der Waals surface area contributed by atoms with Gasteiger partial charge in [0.2, 0.25) is 8.46 Å². The van der Waals surface area contributed by atoms with Crippen LogP contribution in [0.5, 0.6) is 0 Å². The van der Waals surface area contributed by atoms with Crippen LogP contribution < -0.4 is 5.44 Å². The highest BCUT2D eigenvalue weighted by Gasteiger charge is 2.06. The van der Waals surface area contributed by atoms with E-state index in [0.717, 1.165) is 21.7 Å². The number of para-hydroxylation sites is 1. The summed E-state index contributed by atoms with van der Waals surface area (Å²) in [6.07, 6.45) is 0. The molecule has 76 valence electrons. The van der Waals surface area contributed by atoms with Gasteiger partial charge in [0, 0.05) is 10.8 Å². The smallest absolute Gasteiger partial charge is 0.213 e. The maximum Gasteiger partial charge on any atom is 0.213 e. The standard InChI is InChI=1S/C13H8NOP/c15-16-13-11-7-2-1-5-9(11)10-6-3-4-8-12(10)14-13/h1-8H. The summed E-state index contributed by atoms with van der Waals surface area (Å²) in [6, 6.07) is 15.8. The molecule has 2 aromatic carbocycles. The number of hydrogen-bond acceptors (Lipinski definition) is 2. The quantitative estimate of drug-likeness (QED) is 0.469. The predicted octanol–water partition coefficient (Wildman–Crippen LogP) is 3.31. The molecule has 0 aliphatic rings. The minimum atomic E-state index is -0.0310. The lowest BCUT2D eigenvalue weighted by atomic mass is 10.1. The molecular formula is C13H8NOP. The average molecular weight is 225 g/mol. The third-order valence-corrected chi connectivity index (χ3v) is 3.19. The van der Waals surface area contributed by atoms with Crippen molar-refractivity contribution in [1.82, 2.24) is 4.98 Å². The molecule has 0 spiro atoms. The van der Waals surface area contributed by atoms with Crippen molar-refractivity contribution in [3.8, 4) is 0 Å². The Bertz CT molecular complexity index is 694. The fourth-order valence-electron chi connectivity index (χ4n) is 1.96. The maximum atomic E-state index is 11.1. The van der Waals surface area contributed by atoms with Crippen LogP contribution in [0.1, 0.15) is 0 Å². The topological polar surface area (TPSA) is 30.0 Å². The summed E-state index contributed by atoms with van der Waals surface area (Å²) < 4.78 is 11.1. The van der Waals surface area contributed by atoms with Crippen LogP contribution in [0.2, 0.25) is 0 Å². The second-order valence-corrected chi connectivity index (χ2v) is 4.20. The number of rotatable bonds is 1. The van der Waals surface area contributed by atoms with Gasteiger partial charge < -0.3 is 0 Å². The Morgan fingerprint density at radius 3 is 2.19 bits per heavy atom. The Labute approximate surface area is 94.1 Å². The Morgan fingerprint density at radius 2 is 1.44 bits per heavy atom. The van der Waals surface area contributed by atoms with E-state index in [1.54, 1.807) is 0 Å². The van der Waals surface area contributed by atoms with Crippen molar-refractivity contribution in [1.29, 1.82) is 0 Å². The van der Waals surface area contributed by atoms with Crippen molar-refractivity contribution in [2.75, 3.05) is 0 Å². The van der Waals surface area contributed by atoms with Gasteiger partial charge in [-0.1, -0.05) is 42.5 Å². The summed E-state index contributed by atoms with van der Waals surface area (Å²) in [6.45, 7) is 0. The lowest BCUT2D eigenvalue weighted by molar-refractivity contribution is 0.603. The minimum Gasteiger partial charge on any atom is -0.268 e. The maximum absolute atomic E-state index is 11.1. The van der Waals surface area contributed by atoms with Crippen LogP contribution in [0.25, 0.3) is 21.7 Å². The largest absolute Gasteiger partial charge is 0.268 e. The average Bonchev–Trinajstić information content (AvgIpc) is 2.38. The van der Waals surface area contributed by atoms with Gasteiger partial charge in [0.15, 0.2) is 0 Å². The van der Waals surface area contributed by atoms with Gasteiger partial charge in [-0.05, 0) is 11.5 Å². The molecule has 0 fully saturated rings. The van der Waals surface area contributed by atoms with Crippen molar-refractivity contribution in [3.63, 3.8) is 0 Å². The molecular weight excluding hydrogens is 217 g/mol. The molecule has 3 rings (SSSR count). The second kappa shape index (κ2) is 3.66. The summed E-state index contributed by atoms with van der Waals surface area (Å²) in [5.41, 5.74) is 1.49. The Balaban J connectivity index is 2.62. The van der Waals surface area contributed by atoms with Crippen molar-refractivity contribution in [3.05, 3.63) is 48.5 Å². The number of pyridine rings is 1. The van der Waals surface area contributed by atoms with Crippen LogP contribution in [0.15, 0.2) is 48.5 Å². The zero-order chi connectivity index (χ0) is 11.0. The van der Waals surface area contributed by atoms with E-state index in [0.29, 0.717) is 5.44 Å². The molecule has 16 heavy (non-hydrogen) atoms. The van der Waals surface area contributed by atoms with Crippen LogP contribution in [0, 0.1) is 0 Å². The molecule has 0 amide bonds. The lowest BCUT2D eigenvalue weighted by Crippen LogP contribution is -2.01. The molecule has 0 saturated carbocycles. The zero-order valence-electron chi connectivity index (χ0n) is 8.42. The first-order valence-electron chi connectivity index (χ1n) is 5.01. The molecule has 0 atom stereocenters. The lowest BCUT2D eigenvalue weighted by Gasteiger charge is -2.04. The van der Waals surface area contributed by atoms with Crippen molar-refractivity contribution in [2.24, 2.45) is 0 Å². The fraction of sp³-hybridized carbons (Fsp3) is 0. The van der Waals surface area contributed by atoms with Gasteiger partial charge >= 0.3 is 0 Å². The Hall–Kier alpha value is -1.79. The highest BCUT2D eigenvalue weighted by Crippen LogP contribution is 2.23. The predicted molar refractivity (Wildman–Crippen MR) is 66.5 cm³/mol. The first kappa shape index (κ1) is 9.44. The summed E-state index contributed by atoms with van der Waals surface area (Å²) in [4.78, 5) is 4.40. The molecule has 0 radical (unpaired) electrons. The number of nitrogens with zero attached hydrogens (tertiary/aromatic N) is 1. The molecule has 0 aliphatic heterocycles. The molecule has 3 aromatic rings. The summed E-state index contributed by atoms with van der Waals surface area (Å²) in [5, 5.41) is 3.16. The number of fused-ring (bicyclic) bond motifs is 3. The first-order valence-corrected chi connectivity index (χ1v) is 5.82. The van der Waals surface area contributed by atoms with Crippen molar-refractivity contribution >= 4 is 35.6 Å². The fourth-order valence-corrected chi connectivity index (χ4v) is 2.40. The van der Waals surface area contributed by atoms with E-state index in [-0.39, 0.29) is 8.46 Å². The molecule has 0 unspecified atom stereocenters. The SMILES string of the molecule is O=Pc1nc2ccccc2c2ccccc12. The Morgan fingerprint density at radius 1 is 0.812 bits per heavy atom. The third kappa shape index (κ3) is 1.31. The molecule has 0 bridgehead atoms. The second-order valence-electron chi connectivity index (χ2n) is 3.59. The van der Waals surface area contributed by atoms with Crippen LogP contribution in [0.3, 0.4) is 0 Å². The van der Waals surface area contributed by atoms with E-state index in [4.69, 9.17) is 0 Å². The molecule has 3 heteroatoms. The first-order chi connectivity index (χ1) is 7.90. The van der Waals surface area contributed by atoms with Crippen molar-refractivity contribution in [2.45, 2.75) is 0 Å².